The Morgan fingerprint density at radius 1 is 1.33 bits per heavy atom. The topological polar surface area (TPSA) is 119 Å². The van der Waals surface area contributed by atoms with Crippen molar-refractivity contribution >= 4 is 27.4 Å². The van der Waals surface area contributed by atoms with Crippen molar-refractivity contribution in [2.75, 3.05) is 4.72 Å². The van der Waals surface area contributed by atoms with Crippen LogP contribution in [0, 0.1) is 5.82 Å². The summed E-state index contributed by atoms with van der Waals surface area (Å²) in [6.07, 6.45) is 5.09. The number of sulfonamides is 1. The number of halogens is 2. The number of aliphatic hydroxyl groups is 1. The molecule has 4 rings (SSSR count). The molecule has 176 valence electrons. The number of nitrogens with one attached hydrogen (secondary N) is 1. The van der Waals surface area contributed by atoms with E-state index in [4.69, 9.17) is 16.3 Å². The summed E-state index contributed by atoms with van der Waals surface area (Å²) in [7, 11) is -2.49. The number of ether oxygens (including phenoxy) is 1. The van der Waals surface area contributed by atoms with Gasteiger partial charge in [-0.2, -0.15) is 5.10 Å². The number of rotatable bonds is 6. The summed E-state index contributed by atoms with van der Waals surface area (Å²) >= 11 is 6.35. The standard InChI is InChI=1S/C21H23ClFN5O4S/c1-21(6-3-13(29)9-14(21)17-4-8-26-28(17)2)32-18-11-16(23)19(10-15(18)22)33(30,31)27-20-5-7-24-12-25-20/h4-5,7-8,10-14,29H,3,6,9H2,1-2H3,(H,24,25,27)/t13-,14+,21-/m0/s1. The average molecular weight is 496 g/mol. The summed E-state index contributed by atoms with van der Waals surface area (Å²) in [6.45, 7) is 1.87. The van der Waals surface area contributed by atoms with Crippen molar-refractivity contribution in [2.24, 2.45) is 7.05 Å². The highest BCUT2D eigenvalue weighted by Gasteiger charge is 2.44. The number of aromatic nitrogens is 4. The summed E-state index contributed by atoms with van der Waals surface area (Å²) in [5, 5.41) is 14.4. The monoisotopic (exact) mass is 495 g/mol. The SMILES string of the molecule is Cn1nccc1[C@H]1C[C@@H](O)CC[C@]1(C)Oc1cc(F)c(S(=O)(=O)Nc2ccncn2)cc1Cl. The molecule has 1 aliphatic carbocycles. The van der Waals surface area contributed by atoms with Crippen molar-refractivity contribution in [3.63, 3.8) is 0 Å². The van der Waals surface area contributed by atoms with E-state index in [0.29, 0.717) is 19.3 Å². The quantitative estimate of drug-likeness (QED) is 0.538. The number of aliphatic hydroxyl groups excluding tert-OH is 1. The molecular weight excluding hydrogens is 473 g/mol. The number of hydrogen-bond donors (Lipinski definition) is 2. The van der Waals surface area contributed by atoms with E-state index in [1.165, 1.54) is 18.6 Å². The van der Waals surface area contributed by atoms with Crippen LogP contribution in [0.1, 0.15) is 37.8 Å². The highest BCUT2D eigenvalue weighted by molar-refractivity contribution is 7.92. The maximum absolute atomic E-state index is 15.0. The first-order valence-electron chi connectivity index (χ1n) is 10.2. The van der Waals surface area contributed by atoms with Gasteiger partial charge in [-0.3, -0.25) is 9.40 Å². The summed E-state index contributed by atoms with van der Waals surface area (Å²) in [6, 6.07) is 5.16. The number of benzene rings is 1. The van der Waals surface area contributed by atoms with E-state index in [0.717, 1.165) is 17.8 Å². The van der Waals surface area contributed by atoms with E-state index in [1.807, 2.05) is 13.0 Å². The third kappa shape index (κ3) is 4.80. The van der Waals surface area contributed by atoms with Crippen LogP contribution in [0.2, 0.25) is 5.02 Å². The van der Waals surface area contributed by atoms with Crippen LogP contribution in [0.15, 0.2) is 47.9 Å². The van der Waals surface area contributed by atoms with Crippen molar-refractivity contribution in [1.82, 2.24) is 19.7 Å². The van der Waals surface area contributed by atoms with E-state index in [1.54, 1.807) is 17.9 Å². The van der Waals surface area contributed by atoms with Gasteiger partial charge in [0, 0.05) is 37.1 Å². The Morgan fingerprint density at radius 2 is 2.12 bits per heavy atom. The normalized spacial score (nSPS) is 23.3. The predicted octanol–water partition coefficient (Wildman–Crippen LogP) is 3.27. The molecule has 0 radical (unpaired) electrons. The first-order valence-corrected chi connectivity index (χ1v) is 12.1. The van der Waals surface area contributed by atoms with Gasteiger partial charge in [-0.25, -0.2) is 22.8 Å². The average Bonchev–Trinajstić information content (AvgIpc) is 3.18. The zero-order chi connectivity index (χ0) is 23.8. The van der Waals surface area contributed by atoms with Gasteiger partial charge >= 0.3 is 0 Å². The molecule has 33 heavy (non-hydrogen) atoms. The van der Waals surface area contributed by atoms with Crippen LogP contribution >= 0.6 is 11.6 Å². The lowest BCUT2D eigenvalue weighted by molar-refractivity contribution is -0.0209. The van der Waals surface area contributed by atoms with E-state index < -0.39 is 32.4 Å². The fourth-order valence-electron chi connectivity index (χ4n) is 4.14. The molecule has 2 heterocycles. The summed E-state index contributed by atoms with van der Waals surface area (Å²) in [5.41, 5.74) is 0.0315. The minimum Gasteiger partial charge on any atom is -0.485 e. The Balaban J connectivity index is 1.65. The lowest BCUT2D eigenvalue weighted by atomic mass is 9.73. The number of hydrogen-bond acceptors (Lipinski definition) is 7. The first kappa shape index (κ1) is 23.4. The molecule has 0 aliphatic heterocycles. The van der Waals surface area contributed by atoms with Crippen molar-refractivity contribution < 1.29 is 22.7 Å². The largest absolute Gasteiger partial charge is 0.485 e. The van der Waals surface area contributed by atoms with E-state index >= 15 is 0 Å². The van der Waals surface area contributed by atoms with Gasteiger partial charge in [0.1, 0.15) is 34.2 Å². The van der Waals surface area contributed by atoms with Gasteiger partial charge in [0.2, 0.25) is 0 Å². The molecule has 0 amide bonds. The van der Waals surface area contributed by atoms with Crippen LogP contribution in [0.3, 0.4) is 0 Å². The third-order valence-corrected chi connectivity index (χ3v) is 7.54. The Morgan fingerprint density at radius 3 is 2.79 bits per heavy atom. The highest BCUT2D eigenvalue weighted by Crippen LogP contribution is 2.45. The molecule has 0 bridgehead atoms. The molecule has 2 aromatic heterocycles. The smallest absolute Gasteiger partial charge is 0.266 e. The van der Waals surface area contributed by atoms with Crippen molar-refractivity contribution in [3.05, 3.63) is 59.5 Å². The molecule has 3 aromatic rings. The Kier molecular flexibility index (Phi) is 6.30. The molecule has 9 nitrogen and oxygen atoms in total. The van der Waals surface area contributed by atoms with Crippen LogP contribution < -0.4 is 9.46 Å². The summed E-state index contributed by atoms with van der Waals surface area (Å²) in [5.74, 6) is -1.25. The third-order valence-electron chi connectivity index (χ3n) is 5.87. The highest BCUT2D eigenvalue weighted by atomic mass is 35.5. The van der Waals surface area contributed by atoms with Crippen LogP contribution in [-0.4, -0.2) is 45.0 Å². The molecule has 1 aromatic carbocycles. The molecule has 0 unspecified atom stereocenters. The molecule has 3 atom stereocenters. The van der Waals surface area contributed by atoms with E-state index in [-0.39, 0.29) is 22.5 Å². The molecule has 0 spiro atoms. The van der Waals surface area contributed by atoms with Crippen LogP contribution in [-0.2, 0) is 17.1 Å². The second-order valence-electron chi connectivity index (χ2n) is 8.19. The molecular formula is C21H23ClFN5O4S. The summed E-state index contributed by atoms with van der Waals surface area (Å²) in [4.78, 5) is 6.86. The van der Waals surface area contributed by atoms with Crippen LogP contribution in [0.4, 0.5) is 10.2 Å². The Bertz CT molecular complexity index is 1260. The minimum absolute atomic E-state index is 0.00635. The van der Waals surface area contributed by atoms with Gasteiger partial charge in [0.05, 0.1) is 11.1 Å². The Hall–Kier alpha value is -2.76. The maximum Gasteiger partial charge on any atom is 0.266 e. The van der Waals surface area contributed by atoms with E-state index in [2.05, 4.69) is 19.8 Å². The zero-order valence-corrected chi connectivity index (χ0v) is 19.5. The number of nitrogens with zero attached hydrogens (tertiary/aromatic N) is 4. The van der Waals surface area contributed by atoms with Gasteiger partial charge in [-0.15, -0.1) is 0 Å². The van der Waals surface area contributed by atoms with Gasteiger partial charge in [-0.05, 0) is 44.4 Å². The molecule has 1 saturated carbocycles. The lowest BCUT2D eigenvalue weighted by Crippen LogP contribution is -2.46. The fraction of sp³-hybridized carbons (Fsp3) is 0.381. The second-order valence-corrected chi connectivity index (χ2v) is 10.2. The van der Waals surface area contributed by atoms with Gasteiger partial charge in [-0.1, -0.05) is 11.6 Å². The molecule has 2 N–H and O–H groups in total. The molecule has 12 heteroatoms. The second kappa shape index (κ2) is 8.88. The molecule has 1 fully saturated rings. The number of aryl methyl sites for hydroxylation is 1. The van der Waals surface area contributed by atoms with Gasteiger partial charge < -0.3 is 9.84 Å². The minimum atomic E-state index is -4.29. The van der Waals surface area contributed by atoms with Crippen molar-refractivity contribution in [2.45, 2.75) is 48.7 Å². The number of anilines is 1. The predicted molar refractivity (Wildman–Crippen MR) is 119 cm³/mol. The fourth-order valence-corrected chi connectivity index (χ4v) is 5.50. The first-order chi connectivity index (χ1) is 15.6. The molecule has 0 saturated heterocycles. The van der Waals surface area contributed by atoms with Crippen molar-refractivity contribution in [3.8, 4) is 5.75 Å². The van der Waals surface area contributed by atoms with Crippen LogP contribution in [0.25, 0.3) is 0 Å². The van der Waals surface area contributed by atoms with Crippen molar-refractivity contribution in [1.29, 1.82) is 0 Å². The van der Waals surface area contributed by atoms with Crippen LogP contribution in [0.5, 0.6) is 5.75 Å². The molecule has 1 aliphatic rings. The Labute approximate surface area is 195 Å². The summed E-state index contributed by atoms with van der Waals surface area (Å²) < 4.78 is 50.4. The lowest BCUT2D eigenvalue weighted by Gasteiger charge is -2.43. The zero-order valence-electron chi connectivity index (χ0n) is 17.9. The van der Waals surface area contributed by atoms with Gasteiger partial charge in [0.25, 0.3) is 10.0 Å². The van der Waals surface area contributed by atoms with E-state index in [9.17, 15) is 17.9 Å². The maximum atomic E-state index is 15.0. The van der Waals surface area contributed by atoms with Gasteiger partial charge in [0.15, 0.2) is 0 Å².